The molecule has 6 nitrogen and oxygen atoms in total. The van der Waals surface area contributed by atoms with Crippen LogP contribution in [0.2, 0.25) is 0 Å². The van der Waals surface area contributed by atoms with Crippen LogP contribution in [0.3, 0.4) is 0 Å². The van der Waals surface area contributed by atoms with Gasteiger partial charge in [0.15, 0.2) is 0 Å². The van der Waals surface area contributed by atoms with E-state index < -0.39 is 10.0 Å². The summed E-state index contributed by atoms with van der Waals surface area (Å²) in [6.45, 7) is 3.43. The maximum absolute atomic E-state index is 13.0. The topological polar surface area (TPSA) is 88.4 Å². The van der Waals surface area contributed by atoms with Crippen LogP contribution in [0.4, 0.5) is 11.4 Å². The summed E-state index contributed by atoms with van der Waals surface area (Å²) in [5.41, 5.74) is 2.41. The maximum atomic E-state index is 13.0. The van der Waals surface area contributed by atoms with Crippen LogP contribution in [0.5, 0.6) is 0 Å². The fourth-order valence-corrected chi connectivity index (χ4v) is 5.23. The number of rotatable bonds is 5. The highest BCUT2D eigenvalue weighted by molar-refractivity contribution is 9.10. The predicted octanol–water partition coefficient (Wildman–Crippen LogP) is 5.87. The Balaban J connectivity index is 1.75. The molecule has 0 bridgehead atoms. The summed E-state index contributed by atoms with van der Waals surface area (Å²) in [5.74, 6) is 0.0938. The molecule has 0 saturated carbocycles. The van der Waals surface area contributed by atoms with E-state index in [0.29, 0.717) is 43.7 Å². The largest absolute Gasteiger partial charge is 0.459 e. The van der Waals surface area contributed by atoms with Crippen LogP contribution in [0.1, 0.15) is 21.7 Å². The van der Waals surface area contributed by atoms with Gasteiger partial charge >= 0.3 is 0 Å². The molecule has 1 heterocycles. The third kappa shape index (κ3) is 4.22. The first-order valence-electron chi connectivity index (χ1n) is 9.44. The number of aryl methyl sites for hydroxylation is 2. The molecule has 4 aromatic rings. The Kier molecular flexibility index (Phi) is 5.60. The second-order valence-corrected chi connectivity index (χ2v) is 9.56. The average Bonchev–Trinajstić information content (AvgIpc) is 3.05. The van der Waals surface area contributed by atoms with Gasteiger partial charge in [-0.1, -0.05) is 36.4 Å². The minimum atomic E-state index is -3.81. The molecule has 3 aromatic carbocycles. The highest BCUT2D eigenvalue weighted by Gasteiger charge is 2.23. The number of para-hydroxylation sites is 1. The molecule has 0 radical (unpaired) electrons. The quantitative estimate of drug-likeness (QED) is 0.360. The fraction of sp³-hybridized carbons (Fsp3) is 0.0870. The van der Waals surface area contributed by atoms with Crippen LogP contribution in [-0.2, 0) is 10.0 Å². The van der Waals surface area contributed by atoms with Gasteiger partial charge in [0.2, 0.25) is 0 Å². The summed E-state index contributed by atoms with van der Waals surface area (Å²) in [5, 5.41) is 3.35. The maximum Gasteiger partial charge on any atom is 0.262 e. The van der Waals surface area contributed by atoms with Crippen LogP contribution in [-0.4, -0.2) is 14.3 Å². The zero-order valence-electron chi connectivity index (χ0n) is 16.8. The highest BCUT2D eigenvalue weighted by Crippen LogP contribution is 2.35. The summed E-state index contributed by atoms with van der Waals surface area (Å²) in [4.78, 5) is 13.2. The van der Waals surface area contributed by atoms with Crippen LogP contribution in [0.15, 0.2) is 80.5 Å². The summed E-state index contributed by atoms with van der Waals surface area (Å²) in [7, 11) is -3.81. The lowest BCUT2D eigenvalue weighted by Gasteiger charge is -2.11. The second-order valence-electron chi connectivity index (χ2n) is 7.06. The van der Waals surface area contributed by atoms with Crippen molar-refractivity contribution in [2.24, 2.45) is 0 Å². The molecule has 0 aliphatic rings. The zero-order chi connectivity index (χ0) is 22.2. The van der Waals surface area contributed by atoms with Gasteiger partial charge in [0, 0.05) is 11.1 Å². The van der Waals surface area contributed by atoms with Gasteiger partial charge < -0.3 is 9.73 Å². The van der Waals surface area contributed by atoms with Gasteiger partial charge in [-0.25, -0.2) is 8.42 Å². The molecule has 0 spiro atoms. The average molecular weight is 499 g/mol. The highest BCUT2D eigenvalue weighted by atomic mass is 79.9. The van der Waals surface area contributed by atoms with Crippen molar-refractivity contribution >= 4 is 54.2 Å². The third-order valence-corrected chi connectivity index (χ3v) is 6.94. The standard InChI is InChI=1S/C23H19BrN2O4S/c1-14-8-6-7-11-20(14)31(28,29)26-17-12-18-21(15(2)30-22(18)19(24)13-17)23(27)25-16-9-4-3-5-10-16/h3-13,26H,1-2H3,(H,25,27). The first-order valence-corrected chi connectivity index (χ1v) is 11.7. The van der Waals surface area contributed by atoms with Gasteiger partial charge in [-0.05, 0) is 65.7 Å². The summed E-state index contributed by atoms with van der Waals surface area (Å²) < 4.78 is 34.7. The number of nitrogens with one attached hydrogen (secondary N) is 2. The molecule has 1 amide bonds. The minimum absolute atomic E-state index is 0.191. The molecule has 0 aliphatic heterocycles. The number of anilines is 2. The van der Waals surface area contributed by atoms with Crippen molar-refractivity contribution in [3.05, 3.63) is 88.1 Å². The number of fused-ring (bicyclic) bond motifs is 1. The van der Waals surface area contributed by atoms with Crippen molar-refractivity contribution in [1.82, 2.24) is 0 Å². The van der Waals surface area contributed by atoms with E-state index in [2.05, 4.69) is 26.0 Å². The number of furan rings is 1. The van der Waals surface area contributed by atoms with Crippen LogP contribution in [0, 0.1) is 13.8 Å². The lowest BCUT2D eigenvalue weighted by molar-refractivity contribution is 0.102. The molecule has 0 atom stereocenters. The van der Waals surface area contributed by atoms with Crippen LogP contribution >= 0.6 is 15.9 Å². The molecule has 158 valence electrons. The van der Waals surface area contributed by atoms with Gasteiger partial charge in [0.1, 0.15) is 11.3 Å². The van der Waals surface area contributed by atoms with E-state index in [9.17, 15) is 13.2 Å². The van der Waals surface area contributed by atoms with Crippen molar-refractivity contribution in [2.45, 2.75) is 18.7 Å². The Hall–Kier alpha value is -3.10. The first-order chi connectivity index (χ1) is 14.8. The molecule has 0 aliphatic carbocycles. The Morgan fingerprint density at radius 3 is 2.32 bits per heavy atom. The molecular formula is C23H19BrN2O4S. The smallest absolute Gasteiger partial charge is 0.262 e. The van der Waals surface area contributed by atoms with Crippen molar-refractivity contribution in [3.8, 4) is 0 Å². The number of amides is 1. The monoisotopic (exact) mass is 498 g/mol. The van der Waals surface area contributed by atoms with Gasteiger partial charge in [-0.15, -0.1) is 0 Å². The summed E-state index contributed by atoms with van der Waals surface area (Å²) in [6, 6.07) is 19.0. The Bertz CT molecular complexity index is 1400. The lowest BCUT2D eigenvalue weighted by atomic mass is 10.1. The number of sulfonamides is 1. The molecular weight excluding hydrogens is 480 g/mol. The van der Waals surface area contributed by atoms with E-state index in [0.717, 1.165) is 0 Å². The predicted molar refractivity (Wildman–Crippen MR) is 125 cm³/mol. The summed E-state index contributed by atoms with van der Waals surface area (Å²) >= 11 is 3.43. The van der Waals surface area contributed by atoms with E-state index in [4.69, 9.17) is 4.42 Å². The van der Waals surface area contributed by atoms with Crippen LogP contribution in [0.25, 0.3) is 11.0 Å². The first kappa shape index (κ1) is 21.1. The molecule has 31 heavy (non-hydrogen) atoms. The van der Waals surface area contributed by atoms with E-state index in [1.54, 1.807) is 62.4 Å². The van der Waals surface area contributed by atoms with E-state index in [-0.39, 0.29) is 10.8 Å². The summed E-state index contributed by atoms with van der Waals surface area (Å²) in [6.07, 6.45) is 0. The van der Waals surface area contributed by atoms with Crippen molar-refractivity contribution in [1.29, 1.82) is 0 Å². The van der Waals surface area contributed by atoms with E-state index >= 15 is 0 Å². The van der Waals surface area contributed by atoms with E-state index in [1.165, 1.54) is 0 Å². The molecule has 0 fully saturated rings. The number of hydrogen-bond acceptors (Lipinski definition) is 4. The van der Waals surface area contributed by atoms with Gasteiger partial charge in [-0.2, -0.15) is 0 Å². The van der Waals surface area contributed by atoms with Crippen molar-refractivity contribution in [3.63, 3.8) is 0 Å². The van der Waals surface area contributed by atoms with Crippen LogP contribution < -0.4 is 10.0 Å². The molecule has 8 heteroatoms. The minimum Gasteiger partial charge on any atom is -0.459 e. The van der Waals surface area contributed by atoms with Gasteiger partial charge in [0.05, 0.1) is 20.6 Å². The Morgan fingerprint density at radius 1 is 0.935 bits per heavy atom. The SMILES string of the molecule is Cc1ccccc1S(=O)(=O)Nc1cc(Br)c2oc(C)c(C(=O)Nc3ccccc3)c2c1. The van der Waals surface area contributed by atoms with E-state index in [1.807, 2.05) is 18.2 Å². The molecule has 1 aromatic heterocycles. The number of halogens is 1. The number of carbonyl (C=O) groups excluding carboxylic acids is 1. The third-order valence-electron chi connectivity index (χ3n) is 4.81. The molecule has 2 N–H and O–H groups in total. The normalized spacial score (nSPS) is 11.5. The number of benzene rings is 3. The van der Waals surface area contributed by atoms with Crippen molar-refractivity contribution in [2.75, 3.05) is 10.0 Å². The lowest BCUT2D eigenvalue weighted by Crippen LogP contribution is -2.14. The Labute approximate surface area is 188 Å². The zero-order valence-corrected chi connectivity index (χ0v) is 19.2. The number of carbonyl (C=O) groups is 1. The van der Waals surface area contributed by atoms with Gasteiger partial charge in [-0.3, -0.25) is 9.52 Å². The number of hydrogen-bond donors (Lipinski definition) is 2. The van der Waals surface area contributed by atoms with Gasteiger partial charge in [0.25, 0.3) is 15.9 Å². The Morgan fingerprint density at radius 2 is 1.61 bits per heavy atom. The van der Waals surface area contributed by atoms with Crippen molar-refractivity contribution < 1.29 is 17.6 Å². The fourth-order valence-electron chi connectivity index (χ4n) is 3.40. The second kappa shape index (κ2) is 8.20. The molecule has 4 rings (SSSR count). The molecule has 0 saturated heterocycles. The molecule has 0 unspecified atom stereocenters.